The van der Waals surface area contributed by atoms with Crippen molar-refractivity contribution in [2.45, 2.75) is 63.9 Å². The van der Waals surface area contributed by atoms with Crippen LogP contribution in [0.15, 0.2) is 78.4 Å². The highest BCUT2D eigenvalue weighted by atomic mass is 16.3. The number of rotatable bonds is 7. The Morgan fingerprint density at radius 2 is 1.88 bits per heavy atom. The van der Waals surface area contributed by atoms with Crippen LogP contribution in [0.4, 0.5) is 0 Å². The first-order valence-corrected chi connectivity index (χ1v) is 12.6. The van der Waals surface area contributed by atoms with Gasteiger partial charge in [0.1, 0.15) is 0 Å². The smallest absolute Gasteiger partial charge is 0.0711 e. The molecule has 1 saturated carbocycles. The van der Waals surface area contributed by atoms with E-state index in [4.69, 9.17) is 4.98 Å². The van der Waals surface area contributed by atoms with Gasteiger partial charge in [0.25, 0.3) is 0 Å². The van der Waals surface area contributed by atoms with Crippen LogP contribution in [-0.4, -0.2) is 15.7 Å². The van der Waals surface area contributed by atoms with E-state index in [1.165, 1.54) is 40.5 Å². The Balaban J connectivity index is 1.31. The van der Waals surface area contributed by atoms with E-state index < -0.39 is 5.60 Å². The molecule has 2 aromatic carbocycles. The summed E-state index contributed by atoms with van der Waals surface area (Å²) in [4.78, 5) is 4.82. The maximum atomic E-state index is 10.6. The largest absolute Gasteiger partial charge is 0.390 e. The molecule has 1 heterocycles. The van der Waals surface area contributed by atoms with E-state index >= 15 is 0 Å². The molecule has 0 aliphatic heterocycles. The zero-order valence-electron chi connectivity index (χ0n) is 20.6. The van der Waals surface area contributed by atoms with Gasteiger partial charge in [-0.05, 0) is 93.2 Å². The fraction of sp³-hybridized carbons (Fsp3) is 0.344. The lowest BCUT2D eigenvalue weighted by Gasteiger charge is -2.33. The fourth-order valence-corrected chi connectivity index (χ4v) is 5.38. The summed E-state index contributed by atoms with van der Waals surface area (Å²) in [5.41, 5.74) is 6.95. The molecular formula is C32H35NO. The second-order valence-electron chi connectivity index (χ2n) is 10.8. The van der Waals surface area contributed by atoms with Gasteiger partial charge in [0.2, 0.25) is 0 Å². The molecule has 0 spiro atoms. The first kappa shape index (κ1) is 22.8. The maximum Gasteiger partial charge on any atom is 0.0711 e. The van der Waals surface area contributed by atoms with E-state index in [9.17, 15) is 5.11 Å². The Morgan fingerprint density at radius 1 is 1.06 bits per heavy atom. The van der Waals surface area contributed by atoms with Gasteiger partial charge in [-0.25, -0.2) is 4.98 Å². The number of pyridine rings is 1. The standard InChI is InChI=1S/C32H35NO/c1-23-11-13-26-14-16-28(33-30(26)21-23)15-12-24-7-6-9-27(22-24)32(19-20-32)18-17-25-8-4-5-10-29(25)31(2,3)34/h4-9,11-16,21-22,29,34H,10,17-20H2,1-3H3/b15-12+. The number of aromatic nitrogens is 1. The summed E-state index contributed by atoms with van der Waals surface area (Å²) in [6, 6.07) is 19.7. The summed E-state index contributed by atoms with van der Waals surface area (Å²) in [6.45, 7) is 5.99. The Bertz CT molecular complexity index is 1280. The average Bonchev–Trinajstić information content (AvgIpc) is 3.62. The van der Waals surface area contributed by atoms with Crippen LogP contribution in [0.5, 0.6) is 0 Å². The van der Waals surface area contributed by atoms with Crippen molar-refractivity contribution in [2.24, 2.45) is 5.92 Å². The zero-order valence-corrected chi connectivity index (χ0v) is 20.6. The van der Waals surface area contributed by atoms with Crippen molar-refractivity contribution in [2.75, 3.05) is 0 Å². The number of nitrogens with zero attached hydrogens (tertiary/aromatic N) is 1. The van der Waals surface area contributed by atoms with Gasteiger partial charge in [0.15, 0.2) is 0 Å². The Hall–Kier alpha value is -2.97. The monoisotopic (exact) mass is 449 g/mol. The fourth-order valence-electron chi connectivity index (χ4n) is 5.38. The molecule has 2 aliphatic carbocycles. The van der Waals surface area contributed by atoms with E-state index in [-0.39, 0.29) is 11.3 Å². The number of fused-ring (bicyclic) bond motifs is 1. The summed E-state index contributed by atoms with van der Waals surface area (Å²) < 4.78 is 0. The minimum absolute atomic E-state index is 0.223. The highest BCUT2D eigenvalue weighted by molar-refractivity contribution is 5.81. The number of hydrogen-bond donors (Lipinski definition) is 1. The summed E-state index contributed by atoms with van der Waals surface area (Å²) >= 11 is 0. The quantitative estimate of drug-likeness (QED) is 0.399. The van der Waals surface area contributed by atoms with Gasteiger partial charge < -0.3 is 5.11 Å². The first-order valence-electron chi connectivity index (χ1n) is 12.6. The van der Waals surface area contributed by atoms with Crippen molar-refractivity contribution in [3.05, 3.63) is 101 Å². The van der Waals surface area contributed by atoms with Gasteiger partial charge in [-0.1, -0.05) is 72.3 Å². The molecule has 2 nitrogen and oxygen atoms in total. The van der Waals surface area contributed by atoms with E-state index in [0.29, 0.717) is 0 Å². The lowest BCUT2D eigenvalue weighted by molar-refractivity contribution is 0.0315. The molecule has 0 saturated heterocycles. The van der Waals surface area contributed by atoms with Crippen LogP contribution in [0.1, 0.15) is 68.3 Å². The highest BCUT2D eigenvalue weighted by Gasteiger charge is 2.44. The number of aryl methyl sites for hydroxylation is 1. The van der Waals surface area contributed by atoms with Gasteiger partial charge in [0.05, 0.1) is 16.8 Å². The Morgan fingerprint density at radius 3 is 2.68 bits per heavy atom. The second kappa shape index (κ2) is 9.00. The molecule has 3 aromatic rings. The predicted octanol–water partition coefficient (Wildman–Crippen LogP) is 7.80. The minimum Gasteiger partial charge on any atom is -0.390 e. The van der Waals surface area contributed by atoms with Crippen LogP contribution >= 0.6 is 0 Å². The van der Waals surface area contributed by atoms with Gasteiger partial charge in [0, 0.05) is 11.3 Å². The number of benzene rings is 2. The molecule has 1 aromatic heterocycles. The molecule has 2 aliphatic rings. The van der Waals surface area contributed by atoms with Gasteiger partial charge >= 0.3 is 0 Å². The highest BCUT2D eigenvalue weighted by Crippen LogP contribution is 2.53. The first-order chi connectivity index (χ1) is 16.3. The summed E-state index contributed by atoms with van der Waals surface area (Å²) in [5.74, 6) is 0.223. The van der Waals surface area contributed by atoms with Crippen LogP contribution < -0.4 is 0 Å². The van der Waals surface area contributed by atoms with Crippen LogP contribution in [0.2, 0.25) is 0 Å². The van der Waals surface area contributed by atoms with Crippen LogP contribution in [0.25, 0.3) is 23.1 Å². The van der Waals surface area contributed by atoms with E-state index in [0.717, 1.165) is 30.5 Å². The van der Waals surface area contributed by atoms with Crippen LogP contribution in [0.3, 0.4) is 0 Å². The van der Waals surface area contributed by atoms with Gasteiger partial charge in [-0.3, -0.25) is 0 Å². The van der Waals surface area contributed by atoms with E-state index in [1.54, 1.807) is 0 Å². The van der Waals surface area contributed by atoms with Gasteiger partial charge in [-0.2, -0.15) is 0 Å². The zero-order chi connectivity index (χ0) is 23.8. The molecule has 1 fully saturated rings. The van der Waals surface area contributed by atoms with Crippen molar-refractivity contribution < 1.29 is 5.11 Å². The number of hydrogen-bond acceptors (Lipinski definition) is 2. The number of allylic oxidation sites excluding steroid dienone is 3. The van der Waals surface area contributed by atoms with Crippen molar-refractivity contribution in [1.29, 1.82) is 0 Å². The third kappa shape index (κ3) is 4.93. The predicted molar refractivity (Wildman–Crippen MR) is 144 cm³/mol. The van der Waals surface area contributed by atoms with E-state index in [1.807, 2.05) is 13.8 Å². The molecule has 0 bridgehead atoms. The van der Waals surface area contributed by atoms with Crippen molar-refractivity contribution in [3.8, 4) is 0 Å². The number of aliphatic hydroxyl groups is 1. The SMILES string of the molecule is Cc1ccc2ccc(/C=C/c3cccc(C4(CCC5=CC=CCC5C(C)(C)O)CC4)c3)nc2c1. The molecule has 0 amide bonds. The molecular weight excluding hydrogens is 414 g/mol. The molecule has 1 unspecified atom stereocenters. The normalized spacial score (nSPS) is 19.5. The molecule has 34 heavy (non-hydrogen) atoms. The maximum absolute atomic E-state index is 10.6. The second-order valence-corrected chi connectivity index (χ2v) is 10.8. The van der Waals surface area contributed by atoms with Crippen LogP contribution in [0, 0.1) is 12.8 Å². The molecule has 5 rings (SSSR count). The minimum atomic E-state index is -0.673. The van der Waals surface area contributed by atoms with Crippen molar-refractivity contribution in [3.63, 3.8) is 0 Å². The molecule has 174 valence electrons. The Labute approximate surface area is 203 Å². The molecule has 1 atom stereocenters. The topological polar surface area (TPSA) is 33.1 Å². The third-order valence-corrected chi connectivity index (χ3v) is 7.68. The van der Waals surface area contributed by atoms with Crippen molar-refractivity contribution in [1.82, 2.24) is 4.98 Å². The third-order valence-electron chi connectivity index (χ3n) is 7.68. The molecule has 2 heteroatoms. The van der Waals surface area contributed by atoms with E-state index in [2.05, 4.69) is 91.9 Å². The summed E-state index contributed by atoms with van der Waals surface area (Å²) in [7, 11) is 0. The summed E-state index contributed by atoms with van der Waals surface area (Å²) in [5, 5.41) is 11.8. The van der Waals surface area contributed by atoms with Crippen molar-refractivity contribution >= 4 is 23.1 Å². The van der Waals surface area contributed by atoms with Gasteiger partial charge in [-0.15, -0.1) is 0 Å². The lowest BCUT2D eigenvalue weighted by atomic mass is 9.76. The molecule has 0 radical (unpaired) electrons. The molecule has 1 N–H and O–H groups in total. The average molecular weight is 450 g/mol. The Kier molecular flexibility index (Phi) is 6.04. The summed E-state index contributed by atoms with van der Waals surface area (Å²) in [6.07, 6.45) is 16.5. The van der Waals surface area contributed by atoms with Crippen LogP contribution in [-0.2, 0) is 5.41 Å². The lowest BCUT2D eigenvalue weighted by Crippen LogP contribution is -2.33.